The van der Waals surface area contributed by atoms with Gasteiger partial charge in [0.25, 0.3) is 0 Å². The highest BCUT2D eigenvalue weighted by atomic mass is 16.3. The third-order valence-electron chi connectivity index (χ3n) is 11.1. The van der Waals surface area contributed by atoms with Crippen molar-refractivity contribution < 1.29 is 15.0 Å². The van der Waals surface area contributed by atoms with Gasteiger partial charge in [-0.3, -0.25) is 4.79 Å². The van der Waals surface area contributed by atoms with E-state index in [-0.39, 0.29) is 12.5 Å². The molecular formula is C55H97NO3. The van der Waals surface area contributed by atoms with Gasteiger partial charge in [0.05, 0.1) is 18.8 Å². The molecule has 0 heterocycles. The number of amides is 1. The number of aliphatic hydroxyl groups excluding tert-OH is 2. The van der Waals surface area contributed by atoms with Crippen LogP contribution in [0.3, 0.4) is 0 Å². The molecular weight excluding hydrogens is 723 g/mol. The van der Waals surface area contributed by atoms with E-state index in [1.807, 2.05) is 6.08 Å². The monoisotopic (exact) mass is 820 g/mol. The van der Waals surface area contributed by atoms with Gasteiger partial charge in [0.15, 0.2) is 0 Å². The molecule has 0 rings (SSSR count). The lowest BCUT2D eigenvalue weighted by Gasteiger charge is -2.19. The number of hydrogen-bond acceptors (Lipinski definition) is 3. The number of rotatable bonds is 45. The molecule has 0 spiro atoms. The van der Waals surface area contributed by atoms with Gasteiger partial charge < -0.3 is 15.5 Å². The SMILES string of the molecule is CC/C=C\C/C=C\C/C=C\C/C=C\CCCCCCCCCCCCCCC(=O)NC(CO)C(O)/C=C/CC/C=C/CC/C=C/CCCCCCCCCCCCCC. The van der Waals surface area contributed by atoms with Crippen LogP contribution in [0.1, 0.15) is 239 Å². The molecule has 340 valence electrons. The van der Waals surface area contributed by atoms with Crippen molar-refractivity contribution in [2.75, 3.05) is 6.61 Å². The quantitative estimate of drug-likeness (QED) is 0.0423. The molecule has 0 bridgehead atoms. The van der Waals surface area contributed by atoms with Gasteiger partial charge in [-0.25, -0.2) is 0 Å². The first-order chi connectivity index (χ1) is 29.2. The third-order valence-corrected chi connectivity index (χ3v) is 11.1. The van der Waals surface area contributed by atoms with Crippen LogP contribution in [0.4, 0.5) is 0 Å². The zero-order valence-corrected chi connectivity index (χ0v) is 39.0. The zero-order valence-electron chi connectivity index (χ0n) is 39.0. The maximum absolute atomic E-state index is 12.4. The average molecular weight is 820 g/mol. The number of nitrogens with one attached hydrogen (secondary N) is 1. The Morgan fingerprint density at radius 3 is 1.19 bits per heavy atom. The van der Waals surface area contributed by atoms with E-state index in [4.69, 9.17) is 0 Å². The first-order valence-electron chi connectivity index (χ1n) is 25.3. The Balaban J connectivity index is 3.62. The van der Waals surface area contributed by atoms with Crippen molar-refractivity contribution in [3.8, 4) is 0 Å². The molecule has 0 radical (unpaired) electrons. The summed E-state index contributed by atoms with van der Waals surface area (Å²) in [6.07, 6.45) is 72.9. The van der Waals surface area contributed by atoms with E-state index < -0.39 is 12.1 Å². The largest absolute Gasteiger partial charge is 0.394 e. The lowest BCUT2D eigenvalue weighted by Crippen LogP contribution is -2.45. The lowest BCUT2D eigenvalue weighted by atomic mass is 10.0. The Hall–Kier alpha value is -2.43. The van der Waals surface area contributed by atoms with E-state index >= 15 is 0 Å². The van der Waals surface area contributed by atoms with Crippen LogP contribution in [-0.4, -0.2) is 34.9 Å². The van der Waals surface area contributed by atoms with Gasteiger partial charge >= 0.3 is 0 Å². The van der Waals surface area contributed by atoms with Crippen molar-refractivity contribution in [3.05, 3.63) is 85.1 Å². The van der Waals surface area contributed by atoms with Crippen molar-refractivity contribution in [2.45, 2.75) is 251 Å². The van der Waals surface area contributed by atoms with Crippen molar-refractivity contribution in [2.24, 2.45) is 0 Å². The van der Waals surface area contributed by atoms with Crippen LogP contribution in [0.2, 0.25) is 0 Å². The van der Waals surface area contributed by atoms with Crippen LogP contribution < -0.4 is 5.32 Å². The Bertz CT molecular complexity index is 1070. The molecule has 2 unspecified atom stereocenters. The summed E-state index contributed by atoms with van der Waals surface area (Å²) in [5, 5.41) is 23.1. The summed E-state index contributed by atoms with van der Waals surface area (Å²) in [6, 6.07) is -0.651. The van der Waals surface area contributed by atoms with Gasteiger partial charge in [-0.1, -0.05) is 234 Å². The van der Waals surface area contributed by atoms with Crippen LogP contribution >= 0.6 is 0 Å². The van der Waals surface area contributed by atoms with Crippen molar-refractivity contribution in [1.82, 2.24) is 5.32 Å². The minimum atomic E-state index is -0.876. The van der Waals surface area contributed by atoms with Gasteiger partial charge in [0, 0.05) is 6.42 Å². The number of aliphatic hydroxyl groups is 2. The zero-order chi connectivity index (χ0) is 42.8. The smallest absolute Gasteiger partial charge is 0.220 e. The highest BCUT2D eigenvalue weighted by molar-refractivity contribution is 5.76. The van der Waals surface area contributed by atoms with E-state index in [9.17, 15) is 15.0 Å². The maximum Gasteiger partial charge on any atom is 0.220 e. The number of carbonyl (C=O) groups excluding carboxylic acids is 1. The molecule has 0 aliphatic heterocycles. The van der Waals surface area contributed by atoms with Crippen LogP contribution in [0.15, 0.2) is 85.1 Å². The third kappa shape index (κ3) is 46.5. The summed E-state index contributed by atoms with van der Waals surface area (Å²) in [5.41, 5.74) is 0. The molecule has 0 saturated carbocycles. The Kier molecular flexibility index (Phi) is 47.9. The van der Waals surface area contributed by atoms with Crippen LogP contribution in [0.25, 0.3) is 0 Å². The summed E-state index contributed by atoms with van der Waals surface area (Å²) >= 11 is 0. The second-order valence-corrected chi connectivity index (χ2v) is 16.8. The van der Waals surface area contributed by atoms with Crippen LogP contribution in [-0.2, 0) is 4.79 Å². The summed E-state index contributed by atoms with van der Waals surface area (Å²) in [7, 11) is 0. The molecule has 4 heteroatoms. The Morgan fingerprint density at radius 1 is 0.424 bits per heavy atom. The predicted molar refractivity (Wildman–Crippen MR) is 262 cm³/mol. The van der Waals surface area contributed by atoms with Crippen molar-refractivity contribution >= 4 is 5.91 Å². The summed E-state index contributed by atoms with van der Waals surface area (Å²) in [5.74, 6) is -0.0824. The lowest BCUT2D eigenvalue weighted by molar-refractivity contribution is -0.123. The summed E-state index contributed by atoms with van der Waals surface area (Å²) in [4.78, 5) is 12.4. The highest BCUT2D eigenvalue weighted by Crippen LogP contribution is 2.15. The molecule has 0 aromatic heterocycles. The molecule has 0 aliphatic carbocycles. The standard InChI is InChI=1S/C55H97NO3/c1-3-5-7-9-11-13-15-17-19-21-23-25-27-28-29-31-33-35-37-39-41-43-45-47-49-51-55(59)56-53(52-57)54(58)50-48-46-44-42-40-38-36-34-32-30-26-24-22-20-18-16-14-12-10-8-6-4-2/h5,7,11,13,17,19,23,25,32,34,40,42,48,50,53-54,57-58H,3-4,6,8-10,12,14-16,18,20-22,24,26-31,33,35-39,41,43-47,49,51-52H2,1-2H3,(H,56,59)/b7-5-,13-11-,19-17-,25-23-,34-32+,42-40+,50-48+. The molecule has 4 nitrogen and oxygen atoms in total. The number of allylic oxidation sites excluding steroid dienone is 13. The Labute approximate surface area is 367 Å². The topological polar surface area (TPSA) is 69.6 Å². The molecule has 0 saturated heterocycles. The van der Waals surface area contributed by atoms with E-state index in [2.05, 4.69) is 92.1 Å². The molecule has 0 fully saturated rings. The Morgan fingerprint density at radius 2 is 0.763 bits per heavy atom. The van der Waals surface area contributed by atoms with E-state index in [1.165, 1.54) is 154 Å². The number of unbranched alkanes of at least 4 members (excludes halogenated alkanes) is 26. The summed E-state index contributed by atoms with van der Waals surface area (Å²) in [6.45, 7) is 4.19. The fourth-order valence-electron chi connectivity index (χ4n) is 7.26. The minimum absolute atomic E-state index is 0.0824. The molecule has 3 N–H and O–H groups in total. The fourth-order valence-corrected chi connectivity index (χ4v) is 7.26. The normalized spacial score (nSPS) is 13.6. The summed E-state index contributed by atoms with van der Waals surface area (Å²) < 4.78 is 0. The molecule has 59 heavy (non-hydrogen) atoms. The maximum atomic E-state index is 12.4. The first kappa shape index (κ1) is 56.6. The minimum Gasteiger partial charge on any atom is -0.394 e. The highest BCUT2D eigenvalue weighted by Gasteiger charge is 2.17. The molecule has 0 aliphatic rings. The van der Waals surface area contributed by atoms with Gasteiger partial charge in [0.2, 0.25) is 5.91 Å². The van der Waals surface area contributed by atoms with Gasteiger partial charge in [-0.05, 0) is 83.5 Å². The van der Waals surface area contributed by atoms with Gasteiger partial charge in [-0.15, -0.1) is 0 Å². The van der Waals surface area contributed by atoms with Crippen molar-refractivity contribution in [1.29, 1.82) is 0 Å². The molecule has 0 aromatic rings. The average Bonchev–Trinajstić information content (AvgIpc) is 3.24. The van der Waals surface area contributed by atoms with E-state index in [0.29, 0.717) is 6.42 Å². The molecule has 2 atom stereocenters. The second kappa shape index (κ2) is 49.9. The van der Waals surface area contributed by atoms with Gasteiger partial charge in [-0.2, -0.15) is 0 Å². The molecule has 1 amide bonds. The first-order valence-corrected chi connectivity index (χ1v) is 25.3. The second-order valence-electron chi connectivity index (χ2n) is 16.8. The number of carbonyl (C=O) groups is 1. The predicted octanol–water partition coefficient (Wildman–Crippen LogP) is 16.4. The number of hydrogen-bond donors (Lipinski definition) is 3. The van der Waals surface area contributed by atoms with E-state index in [0.717, 1.165) is 64.2 Å². The van der Waals surface area contributed by atoms with Crippen LogP contribution in [0, 0.1) is 0 Å². The van der Waals surface area contributed by atoms with Crippen molar-refractivity contribution in [3.63, 3.8) is 0 Å². The molecule has 0 aromatic carbocycles. The fraction of sp³-hybridized carbons (Fsp3) is 0.727. The van der Waals surface area contributed by atoms with Crippen LogP contribution in [0.5, 0.6) is 0 Å². The van der Waals surface area contributed by atoms with E-state index in [1.54, 1.807) is 6.08 Å². The van der Waals surface area contributed by atoms with Gasteiger partial charge in [0.1, 0.15) is 0 Å².